The van der Waals surface area contributed by atoms with Gasteiger partial charge in [0.15, 0.2) is 0 Å². The molecule has 0 radical (unpaired) electrons. The number of nitro groups is 1. The minimum absolute atomic E-state index is 0.122. The zero-order chi connectivity index (χ0) is 19.6. The molecule has 0 bridgehead atoms. The van der Waals surface area contributed by atoms with Crippen molar-refractivity contribution in [2.75, 3.05) is 5.32 Å². The van der Waals surface area contributed by atoms with Gasteiger partial charge in [0.25, 0.3) is 0 Å². The van der Waals surface area contributed by atoms with Gasteiger partial charge in [0.2, 0.25) is 5.88 Å². The minimum Gasteiger partial charge on any atom is -0.444 e. The van der Waals surface area contributed by atoms with Crippen LogP contribution in [0.4, 0.5) is 16.6 Å². The summed E-state index contributed by atoms with van der Waals surface area (Å²) in [7, 11) is 0. The summed E-state index contributed by atoms with van der Waals surface area (Å²) < 4.78 is 15.1. The van der Waals surface area contributed by atoms with Crippen LogP contribution >= 0.6 is 23.2 Å². The van der Waals surface area contributed by atoms with Crippen LogP contribution in [0.15, 0.2) is 39.3 Å². The molecule has 0 atom stereocenters. The molecule has 11 heteroatoms. The number of amides is 1. The highest BCUT2D eigenvalue weighted by Gasteiger charge is 2.21. The zero-order valence-electron chi connectivity index (χ0n) is 13.7. The third-order valence-electron chi connectivity index (χ3n) is 3.53. The van der Waals surface area contributed by atoms with Gasteiger partial charge in [-0.2, -0.15) is 0 Å². The van der Waals surface area contributed by atoms with Gasteiger partial charge in [0, 0.05) is 11.6 Å². The van der Waals surface area contributed by atoms with E-state index in [0.29, 0.717) is 32.6 Å². The number of nitrogens with one attached hydrogen (secondary N) is 1. The van der Waals surface area contributed by atoms with Crippen molar-refractivity contribution in [2.45, 2.75) is 13.5 Å². The summed E-state index contributed by atoms with van der Waals surface area (Å²) in [5, 5.41) is 17.5. The molecule has 1 amide bonds. The summed E-state index contributed by atoms with van der Waals surface area (Å²) in [4.78, 5) is 21.8. The number of anilines is 1. The first-order chi connectivity index (χ1) is 12.9. The number of carbonyl (C=O) groups is 1. The van der Waals surface area contributed by atoms with Crippen molar-refractivity contribution >= 4 is 41.1 Å². The summed E-state index contributed by atoms with van der Waals surface area (Å²) in [6.45, 7) is 1.45. The second kappa shape index (κ2) is 7.68. The largest absolute Gasteiger partial charge is 0.444 e. The Morgan fingerprint density at radius 1 is 1.30 bits per heavy atom. The predicted molar refractivity (Wildman–Crippen MR) is 95.9 cm³/mol. The van der Waals surface area contributed by atoms with E-state index in [1.165, 1.54) is 6.07 Å². The van der Waals surface area contributed by atoms with Gasteiger partial charge in [-0.15, -0.1) is 0 Å². The van der Waals surface area contributed by atoms with Crippen LogP contribution in [0.5, 0.6) is 0 Å². The summed E-state index contributed by atoms with van der Waals surface area (Å²) in [5.74, 6) is -0.207. The maximum atomic E-state index is 11.9. The second-order valence-electron chi connectivity index (χ2n) is 5.26. The molecule has 0 fully saturated rings. The number of benzene rings is 1. The quantitative estimate of drug-likeness (QED) is 0.451. The van der Waals surface area contributed by atoms with E-state index >= 15 is 0 Å². The van der Waals surface area contributed by atoms with Crippen LogP contribution in [0.3, 0.4) is 0 Å². The van der Waals surface area contributed by atoms with Crippen LogP contribution in [-0.4, -0.2) is 16.2 Å². The molecule has 0 aliphatic carbocycles. The first-order valence-corrected chi connectivity index (χ1v) is 8.20. The normalized spacial score (nSPS) is 10.6. The highest BCUT2D eigenvalue weighted by Crippen LogP contribution is 2.37. The fourth-order valence-electron chi connectivity index (χ4n) is 2.25. The van der Waals surface area contributed by atoms with Crippen LogP contribution in [0.25, 0.3) is 11.3 Å². The lowest BCUT2D eigenvalue weighted by atomic mass is 10.1. The molecule has 0 aliphatic rings. The number of aromatic nitrogens is 1. The molecule has 1 aromatic carbocycles. The van der Waals surface area contributed by atoms with Crippen molar-refractivity contribution in [1.29, 1.82) is 0 Å². The van der Waals surface area contributed by atoms with Crippen molar-refractivity contribution in [3.05, 3.63) is 61.8 Å². The Bertz CT molecular complexity index is 993. The molecule has 0 spiro atoms. The van der Waals surface area contributed by atoms with Crippen LogP contribution in [0.1, 0.15) is 11.3 Å². The highest BCUT2D eigenvalue weighted by atomic mass is 35.5. The van der Waals surface area contributed by atoms with E-state index in [4.69, 9.17) is 36.9 Å². The number of halogens is 2. The molecular weight excluding hydrogens is 401 g/mol. The average molecular weight is 412 g/mol. The van der Waals surface area contributed by atoms with E-state index in [0.717, 1.165) is 6.07 Å². The van der Waals surface area contributed by atoms with E-state index < -0.39 is 16.9 Å². The fraction of sp³-hybridized carbons (Fsp3) is 0.125. The zero-order valence-corrected chi connectivity index (χ0v) is 15.2. The van der Waals surface area contributed by atoms with Crippen LogP contribution in [0, 0.1) is 17.0 Å². The molecule has 27 heavy (non-hydrogen) atoms. The number of aryl methyl sites for hydroxylation is 1. The van der Waals surface area contributed by atoms with E-state index in [1.807, 2.05) is 0 Å². The number of hydrogen-bond donors (Lipinski definition) is 1. The van der Waals surface area contributed by atoms with Gasteiger partial charge in [-0.05, 0) is 19.1 Å². The monoisotopic (exact) mass is 411 g/mol. The standard InChI is InChI=1S/C16H11Cl2N3O6/c1-8-9(15(20-27-8)14-10(17)3-2-4-11(14)18)7-25-16(22)19-12-5-6-13(26-12)21(23)24/h2-6H,7H2,1H3,(H,19,22). The van der Waals surface area contributed by atoms with Gasteiger partial charge in [0.1, 0.15) is 23.0 Å². The highest BCUT2D eigenvalue weighted by molar-refractivity contribution is 6.39. The molecule has 0 saturated carbocycles. The Labute approximate surface area is 161 Å². The molecule has 0 unspecified atom stereocenters. The molecule has 0 aliphatic heterocycles. The topological polar surface area (TPSA) is 121 Å². The third-order valence-corrected chi connectivity index (χ3v) is 4.16. The van der Waals surface area contributed by atoms with Crippen molar-refractivity contribution in [2.24, 2.45) is 0 Å². The smallest absolute Gasteiger partial charge is 0.434 e. The van der Waals surface area contributed by atoms with E-state index in [2.05, 4.69) is 10.5 Å². The lowest BCUT2D eigenvalue weighted by Crippen LogP contribution is -2.13. The van der Waals surface area contributed by atoms with Gasteiger partial charge >= 0.3 is 12.0 Å². The Hall–Kier alpha value is -3.04. The molecular formula is C16H11Cl2N3O6. The molecule has 2 aromatic heterocycles. The van der Waals surface area contributed by atoms with Crippen LogP contribution < -0.4 is 5.32 Å². The summed E-state index contributed by atoms with van der Waals surface area (Å²) >= 11 is 12.4. The van der Waals surface area contributed by atoms with Crippen molar-refractivity contribution in [3.63, 3.8) is 0 Å². The van der Waals surface area contributed by atoms with Crippen molar-refractivity contribution in [3.8, 4) is 11.3 Å². The molecule has 140 valence electrons. The number of nitrogens with zero attached hydrogens (tertiary/aromatic N) is 2. The van der Waals surface area contributed by atoms with Gasteiger partial charge < -0.3 is 13.7 Å². The number of ether oxygens (including phenoxy) is 1. The molecule has 3 rings (SSSR count). The number of hydrogen-bond acceptors (Lipinski definition) is 7. The minimum atomic E-state index is -0.879. The van der Waals surface area contributed by atoms with Gasteiger partial charge in [-0.1, -0.05) is 34.4 Å². The Morgan fingerprint density at radius 2 is 2.00 bits per heavy atom. The van der Waals surface area contributed by atoms with E-state index in [1.54, 1.807) is 25.1 Å². The molecule has 0 saturated heterocycles. The number of furan rings is 1. The van der Waals surface area contributed by atoms with E-state index in [9.17, 15) is 14.9 Å². The first-order valence-electron chi connectivity index (χ1n) is 7.44. The first kappa shape index (κ1) is 18.7. The maximum Gasteiger partial charge on any atom is 0.434 e. The molecule has 2 heterocycles. The van der Waals surface area contributed by atoms with Gasteiger partial charge in [-0.25, -0.2) is 4.79 Å². The summed E-state index contributed by atoms with van der Waals surface area (Å²) in [5.41, 5.74) is 1.29. The van der Waals surface area contributed by atoms with Crippen LogP contribution in [0.2, 0.25) is 10.0 Å². The molecule has 9 nitrogen and oxygen atoms in total. The Kier molecular flexibility index (Phi) is 5.33. The molecule has 1 N–H and O–H groups in total. The lowest BCUT2D eigenvalue weighted by Gasteiger charge is -2.08. The number of rotatable bonds is 5. The van der Waals surface area contributed by atoms with E-state index in [-0.39, 0.29) is 12.5 Å². The van der Waals surface area contributed by atoms with Gasteiger partial charge in [0.05, 0.1) is 21.7 Å². The SMILES string of the molecule is Cc1onc(-c2c(Cl)cccc2Cl)c1COC(=O)Nc1ccc([N+](=O)[O-])o1. The fourth-order valence-corrected chi connectivity index (χ4v) is 2.83. The van der Waals surface area contributed by atoms with Gasteiger partial charge in [-0.3, -0.25) is 15.4 Å². The third kappa shape index (κ3) is 4.04. The van der Waals surface area contributed by atoms with Crippen LogP contribution in [-0.2, 0) is 11.3 Å². The van der Waals surface area contributed by atoms with Crippen molar-refractivity contribution < 1.29 is 23.4 Å². The van der Waals surface area contributed by atoms with Crippen molar-refractivity contribution in [1.82, 2.24) is 5.16 Å². The number of carbonyl (C=O) groups excluding carboxylic acids is 1. The lowest BCUT2D eigenvalue weighted by molar-refractivity contribution is -0.401. The summed E-state index contributed by atoms with van der Waals surface area (Å²) in [6, 6.07) is 7.32. The summed E-state index contributed by atoms with van der Waals surface area (Å²) in [6.07, 6.45) is -0.879. The Balaban J connectivity index is 1.74. The Morgan fingerprint density at radius 3 is 2.63 bits per heavy atom. The molecule has 3 aromatic rings. The maximum absolute atomic E-state index is 11.9. The predicted octanol–water partition coefficient (Wildman–Crippen LogP) is 5.21. The second-order valence-corrected chi connectivity index (χ2v) is 6.07. The average Bonchev–Trinajstić information content (AvgIpc) is 3.20.